The number of halogens is 1. The van der Waals surface area contributed by atoms with E-state index in [1.165, 1.54) is 29.0 Å². The first-order valence-corrected chi connectivity index (χ1v) is 8.87. The van der Waals surface area contributed by atoms with E-state index in [4.69, 9.17) is 12.2 Å². The monoisotopic (exact) mass is 367 g/mol. The van der Waals surface area contributed by atoms with Gasteiger partial charge >= 0.3 is 0 Å². The molecule has 124 valence electrons. The molecular formula is C19H14FN3S2. The van der Waals surface area contributed by atoms with Gasteiger partial charge in [0.05, 0.1) is 0 Å². The number of aromatic nitrogens is 1. The van der Waals surface area contributed by atoms with Crippen molar-refractivity contribution in [2.75, 3.05) is 0 Å². The predicted molar refractivity (Wildman–Crippen MR) is 102 cm³/mol. The van der Waals surface area contributed by atoms with E-state index < -0.39 is 0 Å². The molecule has 0 N–H and O–H groups in total. The van der Waals surface area contributed by atoms with Crippen molar-refractivity contribution in [3.05, 3.63) is 80.4 Å². The predicted octanol–water partition coefficient (Wildman–Crippen LogP) is 5.28. The topological polar surface area (TPSA) is 41.1 Å². The Balaban J connectivity index is 1.88. The van der Waals surface area contributed by atoms with Crippen molar-refractivity contribution >= 4 is 35.6 Å². The standard InChI is InChI=1S/C19H14FN3S2/c20-16-8-6-15(7-9-16)13-22-18-17(12-21)25-19(24)23(18)11-10-14-4-2-1-3-5-14/h1-9,13H,10-11H2/b22-13+. The molecule has 25 heavy (non-hydrogen) atoms. The van der Waals surface area contributed by atoms with Crippen molar-refractivity contribution in [3.8, 4) is 6.07 Å². The summed E-state index contributed by atoms with van der Waals surface area (Å²) in [6.45, 7) is 0.650. The first-order valence-electron chi connectivity index (χ1n) is 7.64. The highest BCUT2D eigenvalue weighted by Gasteiger charge is 2.11. The zero-order valence-electron chi connectivity index (χ0n) is 13.2. The van der Waals surface area contributed by atoms with Gasteiger partial charge in [-0.3, -0.25) is 0 Å². The van der Waals surface area contributed by atoms with Gasteiger partial charge in [-0.25, -0.2) is 9.38 Å². The molecule has 0 radical (unpaired) electrons. The molecule has 1 aromatic heterocycles. The molecule has 0 aliphatic rings. The molecule has 1 heterocycles. The van der Waals surface area contributed by atoms with Crippen LogP contribution in [-0.2, 0) is 13.0 Å². The number of rotatable bonds is 5. The molecule has 0 fully saturated rings. The van der Waals surface area contributed by atoms with Gasteiger partial charge in [-0.15, -0.1) is 0 Å². The fourth-order valence-electron chi connectivity index (χ4n) is 2.37. The van der Waals surface area contributed by atoms with Crippen LogP contribution in [0.25, 0.3) is 0 Å². The molecule has 0 saturated carbocycles. The van der Waals surface area contributed by atoms with Crippen molar-refractivity contribution in [2.24, 2.45) is 4.99 Å². The second kappa shape index (κ2) is 7.97. The second-order valence-corrected chi connectivity index (χ2v) is 6.97. The summed E-state index contributed by atoms with van der Waals surface area (Å²) in [6.07, 6.45) is 2.42. The largest absolute Gasteiger partial charge is 0.307 e. The smallest absolute Gasteiger partial charge is 0.164 e. The number of thiazole rings is 1. The summed E-state index contributed by atoms with van der Waals surface area (Å²) in [4.78, 5) is 4.93. The molecule has 0 unspecified atom stereocenters. The van der Waals surface area contributed by atoms with E-state index in [1.54, 1.807) is 18.3 Å². The van der Waals surface area contributed by atoms with Gasteiger partial charge in [0.2, 0.25) is 0 Å². The minimum atomic E-state index is -0.295. The van der Waals surface area contributed by atoms with Crippen molar-refractivity contribution in [1.82, 2.24) is 4.57 Å². The molecule has 2 aromatic carbocycles. The molecule has 3 aromatic rings. The van der Waals surface area contributed by atoms with E-state index in [1.807, 2.05) is 22.8 Å². The van der Waals surface area contributed by atoms with Crippen LogP contribution in [0.15, 0.2) is 59.6 Å². The second-order valence-electron chi connectivity index (χ2n) is 5.33. The molecule has 0 aliphatic heterocycles. The van der Waals surface area contributed by atoms with Crippen LogP contribution >= 0.6 is 23.6 Å². The van der Waals surface area contributed by atoms with Crippen molar-refractivity contribution in [3.63, 3.8) is 0 Å². The summed E-state index contributed by atoms with van der Waals surface area (Å²) in [5.41, 5.74) is 1.96. The summed E-state index contributed by atoms with van der Waals surface area (Å²) in [7, 11) is 0. The van der Waals surface area contributed by atoms with E-state index in [-0.39, 0.29) is 5.82 Å². The number of aryl methyl sites for hydroxylation is 1. The first kappa shape index (κ1) is 17.2. The summed E-state index contributed by atoms with van der Waals surface area (Å²) in [5.74, 6) is 0.258. The lowest BCUT2D eigenvalue weighted by Crippen LogP contribution is -2.01. The molecular weight excluding hydrogens is 353 g/mol. The molecule has 6 heteroatoms. The average molecular weight is 367 g/mol. The number of benzene rings is 2. The Labute approximate surface area is 154 Å². The third kappa shape index (κ3) is 4.27. The Kier molecular flexibility index (Phi) is 5.49. The normalized spacial score (nSPS) is 10.9. The number of nitrogens with zero attached hydrogens (tertiary/aromatic N) is 3. The highest BCUT2D eigenvalue weighted by atomic mass is 32.1. The molecule has 0 spiro atoms. The number of hydrogen-bond donors (Lipinski definition) is 0. The molecule has 0 amide bonds. The average Bonchev–Trinajstić information content (AvgIpc) is 2.95. The maximum Gasteiger partial charge on any atom is 0.164 e. The highest BCUT2D eigenvalue weighted by Crippen LogP contribution is 2.27. The Morgan fingerprint density at radius 2 is 1.88 bits per heavy atom. The van der Waals surface area contributed by atoms with Crippen LogP contribution in [0.2, 0.25) is 0 Å². The van der Waals surface area contributed by atoms with Gasteiger partial charge in [0.1, 0.15) is 11.9 Å². The van der Waals surface area contributed by atoms with Crippen LogP contribution < -0.4 is 0 Å². The van der Waals surface area contributed by atoms with E-state index in [9.17, 15) is 9.65 Å². The van der Waals surface area contributed by atoms with Crippen LogP contribution in [0.5, 0.6) is 0 Å². The number of aliphatic imine (C=N–C) groups is 1. The molecule has 3 nitrogen and oxygen atoms in total. The van der Waals surface area contributed by atoms with Gasteiger partial charge in [-0.05, 0) is 41.9 Å². The van der Waals surface area contributed by atoms with Crippen LogP contribution in [-0.4, -0.2) is 10.8 Å². The van der Waals surface area contributed by atoms with Gasteiger partial charge in [0, 0.05) is 12.8 Å². The number of nitriles is 1. The quantitative estimate of drug-likeness (QED) is 0.454. The fraction of sp³-hybridized carbons (Fsp3) is 0.105. The van der Waals surface area contributed by atoms with E-state index in [0.717, 1.165) is 12.0 Å². The minimum absolute atomic E-state index is 0.295. The third-order valence-electron chi connectivity index (χ3n) is 3.64. The fourth-order valence-corrected chi connectivity index (χ4v) is 3.56. The first-order chi connectivity index (χ1) is 12.2. The molecule has 0 saturated heterocycles. The lowest BCUT2D eigenvalue weighted by molar-refractivity contribution is 0.628. The SMILES string of the molecule is N#Cc1sc(=S)n(CCc2ccccc2)c1/N=C/c1ccc(F)cc1. The maximum atomic E-state index is 13.0. The zero-order valence-corrected chi connectivity index (χ0v) is 14.9. The van der Waals surface area contributed by atoms with Gasteiger partial charge in [-0.2, -0.15) is 5.26 Å². The van der Waals surface area contributed by atoms with Crippen molar-refractivity contribution < 1.29 is 4.39 Å². The van der Waals surface area contributed by atoms with Crippen LogP contribution in [0, 0.1) is 21.1 Å². The molecule has 0 aliphatic carbocycles. The van der Waals surface area contributed by atoms with Crippen LogP contribution in [0.4, 0.5) is 10.2 Å². The van der Waals surface area contributed by atoms with Gasteiger partial charge in [0.15, 0.2) is 14.6 Å². The number of hydrogen-bond acceptors (Lipinski definition) is 4. The summed E-state index contributed by atoms with van der Waals surface area (Å²) >= 11 is 6.65. The lowest BCUT2D eigenvalue weighted by atomic mass is 10.1. The van der Waals surface area contributed by atoms with Crippen molar-refractivity contribution in [1.29, 1.82) is 5.26 Å². The molecule has 0 bridgehead atoms. The van der Waals surface area contributed by atoms with Gasteiger partial charge < -0.3 is 4.57 Å². The van der Waals surface area contributed by atoms with E-state index >= 15 is 0 Å². The lowest BCUT2D eigenvalue weighted by Gasteiger charge is -2.06. The molecule has 3 rings (SSSR count). The Hall–Kier alpha value is -2.62. The zero-order chi connectivity index (χ0) is 17.6. The summed E-state index contributed by atoms with van der Waals surface area (Å²) in [5, 5.41) is 9.35. The third-order valence-corrected chi connectivity index (χ3v) is 4.99. The van der Waals surface area contributed by atoms with Crippen LogP contribution in [0.1, 0.15) is 16.0 Å². The molecule has 0 atom stereocenters. The van der Waals surface area contributed by atoms with Crippen LogP contribution in [0.3, 0.4) is 0 Å². The maximum absolute atomic E-state index is 13.0. The van der Waals surface area contributed by atoms with Crippen molar-refractivity contribution in [2.45, 2.75) is 13.0 Å². The highest BCUT2D eigenvalue weighted by molar-refractivity contribution is 7.73. The Bertz CT molecular complexity index is 980. The van der Waals surface area contributed by atoms with Gasteiger partial charge in [-0.1, -0.05) is 53.8 Å². The minimum Gasteiger partial charge on any atom is -0.307 e. The summed E-state index contributed by atoms with van der Waals surface area (Å²) < 4.78 is 15.5. The van der Waals surface area contributed by atoms with Gasteiger partial charge in [0.25, 0.3) is 0 Å². The van der Waals surface area contributed by atoms with E-state index in [2.05, 4.69) is 23.2 Å². The summed E-state index contributed by atoms with van der Waals surface area (Å²) in [6, 6.07) is 18.3. The van der Waals surface area contributed by atoms with E-state index in [0.29, 0.717) is 21.2 Å². The Morgan fingerprint density at radius 3 is 2.56 bits per heavy atom. The Morgan fingerprint density at radius 1 is 1.16 bits per heavy atom.